The van der Waals surface area contributed by atoms with Crippen LogP contribution in [-0.4, -0.2) is 75.7 Å². The molecular weight excluding hydrogens is 246 g/mol. The summed E-state index contributed by atoms with van der Waals surface area (Å²) in [5, 5.41) is 8.34. The predicted molar refractivity (Wildman–Crippen MR) is 67.8 cm³/mol. The third-order valence-corrected chi connectivity index (χ3v) is 3.31. The molecule has 4 aliphatic heterocycles. The molecule has 0 unspecified atom stereocenters. The SMILES string of the molecule is C1N2CN3CN1CN(C2)C3.O=C(O)c1cccnc1. The average molecular weight is 263 g/mol. The zero-order chi connectivity index (χ0) is 13.2. The van der Waals surface area contributed by atoms with Crippen LogP contribution in [0.5, 0.6) is 0 Å². The van der Waals surface area contributed by atoms with E-state index in [1.807, 2.05) is 0 Å². The number of pyridine rings is 1. The van der Waals surface area contributed by atoms with Crippen molar-refractivity contribution < 1.29 is 9.90 Å². The Kier molecular flexibility index (Phi) is 3.43. The van der Waals surface area contributed by atoms with Gasteiger partial charge in [-0.25, -0.2) is 4.79 Å². The van der Waals surface area contributed by atoms with Gasteiger partial charge in [-0.2, -0.15) is 0 Å². The first-order chi connectivity index (χ1) is 9.20. The maximum atomic E-state index is 10.2. The molecule has 102 valence electrons. The van der Waals surface area contributed by atoms with E-state index in [-0.39, 0.29) is 5.56 Å². The van der Waals surface area contributed by atoms with Crippen LogP contribution in [0.15, 0.2) is 24.5 Å². The molecule has 4 fully saturated rings. The Morgan fingerprint density at radius 3 is 1.74 bits per heavy atom. The Morgan fingerprint density at radius 2 is 1.47 bits per heavy atom. The summed E-state index contributed by atoms with van der Waals surface area (Å²) < 4.78 is 0. The number of hydrogen-bond acceptors (Lipinski definition) is 6. The van der Waals surface area contributed by atoms with E-state index in [2.05, 4.69) is 24.6 Å². The summed E-state index contributed by atoms with van der Waals surface area (Å²) in [6.45, 7) is 7.12. The minimum absolute atomic E-state index is 0.220. The second kappa shape index (κ2) is 5.22. The van der Waals surface area contributed by atoms with Gasteiger partial charge in [-0.1, -0.05) is 0 Å². The minimum atomic E-state index is -0.942. The first-order valence-corrected chi connectivity index (χ1v) is 6.23. The Hall–Kier alpha value is -1.54. The van der Waals surface area contributed by atoms with Crippen molar-refractivity contribution in [1.82, 2.24) is 24.6 Å². The van der Waals surface area contributed by atoms with Crippen molar-refractivity contribution in [3.8, 4) is 0 Å². The van der Waals surface area contributed by atoms with Crippen LogP contribution in [0.3, 0.4) is 0 Å². The van der Waals surface area contributed by atoms with Crippen LogP contribution in [0.1, 0.15) is 10.4 Å². The number of aromatic carboxylic acids is 1. The van der Waals surface area contributed by atoms with Crippen molar-refractivity contribution >= 4 is 5.97 Å². The molecule has 1 aromatic heterocycles. The van der Waals surface area contributed by atoms with Gasteiger partial charge in [0.1, 0.15) is 0 Å². The molecule has 7 heteroatoms. The van der Waals surface area contributed by atoms with Crippen LogP contribution in [0.4, 0.5) is 0 Å². The monoisotopic (exact) mass is 263 g/mol. The topological polar surface area (TPSA) is 63.2 Å². The molecule has 0 aliphatic carbocycles. The number of aromatic nitrogens is 1. The van der Waals surface area contributed by atoms with Crippen LogP contribution >= 0.6 is 0 Å². The van der Waals surface area contributed by atoms with Gasteiger partial charge in [-0.3, -0.25) is 24.6 Å². The van der Waals surface area contributed by atoms with Gasteiger partial charge in [0.15, 0.2) is 0 Å². The lowest BCUT2D eigenvalue weighted by Crippen LogP contribution is -2.71. The predicted octanol–water partition coefficient (Wildman–Crippen LogP) is -0.240. The smallest absolute Gasteiger partial charge is 0.337 e. The van der Waals surface area contributed by atoms with E-state index in [9.17, 15) is 4.79 Å². The highest BCUT2D eigenvalue weighted by molar-refractivity contribution is 5.86. The maximum absolute atomic E-state index is 10.2. The molecular formula is C12H17N5O2. The molecule has 4 saturated heterocycles. The van der Waals surface area contributed by atoms with Crippen LogP contribution in [-0.2, 0) is 0 Å². The van der Waals surface area contributed by atoms with E-state index in [4.69, 9.17) is 5.11 Å². The summed E-state index contributed by atoms with van der Waals surface area (Å²) in [7, 11) is 0. The molecule has 5 rings (SSSR count). The second-order valence-electron chi connectivity index (χ2n) is 5.08. The number of carboxylic acids is 1. The first kappa shape index (κ1) is 12.5. The number of nitrogens with zero attached hydrogens (tertiary/aromatic N) is 5. The van der Waals surface area contributed by atoms with Crippen molar-refractivity contribution in [1.29, 1.82) is 0 Å². The fourth-order valence-electron chi connectivity index (χ4n) is 2.72. The van der Waals surface area contributed by atoms with Crippen molar-refractivity contribution in [3.63, 3.8) is 0 Å². The molecule has 4 bridgehead atoms. The second-order valence-corrected chi connectivity index (χ2v) is 5.08. The van der Waals surface area contributed by atoms with Gasteiger partial charge in [-0.15, -0.1) is 0 Å². The van der Waals surface area contributed by atoms with E-state index < -0.39 is 5.97 Å². The first-order valence-electron chi connectivity index (χ1n) is 6.23. The maximum Gasteiger partial charge on any atom is 0.337 e. The highest BCUT2D eigenvalue weighted by atomic mass is 16.4. The molecule has 0 amide bonds. The Morgan fingerprint density at radius 1 is 1.00 bits per heavy atom. The molecule has 0 saturated carbocycles. The zero-order valence-electron chi connectivity index (χ0n) is 10.6. The number of carboxylic acid groups (broad SMARTS) is 1. The lowest BCUT2D eigenvalue weighted by atomic mass is 10.3. The molecule has 1 N–H and O–H groups in total. The fraction of sp³-hybridized carbons (Fsp3) is 0.500. The van der Waals surface area contributed by atoms with Crippen LogP contribution < -0.4 is 0 Å². The van der Waals surface area contributed by atoms with Gasteiger partial charge < -0.3 is 5.11 Å². The van der Waals surface area contributed by atoms with Crippen molar-refractivity contribution in [2.45, 2.75) is 0 Å². The van der Waals surface area contributed by atoms with Gasteiger partial charge in [0.25, 0.3) is 0 Å². The number of hydrogen-bond donors (Lipinski definition) is 1. The lowest BCUT2D eigenvalue weighted by Gasteiger charge is -2.56. The summed E-state index contributed by atoms with van der Waals surface area (Å²) in [6.07, 6.45) is 2.84. The molecule has 4 aliphatic rings. The molecule has 0 spiro atoms. The standard InChI is InChI=1S/C6H12N4.C6H5NO2/c1-7-2-9-4-8(1)5-10(3-7)6-9;8-6(9)5-2-1-3-7-4-5/h1-6H2;1-4H,(H,8,9). The minimum Gasteiger partial charge on any atom is -0.478 e. The Balaban J connectivity index is 0.000000117. The quantitative estimate of drug-likeness (QED) is 0.750. The van der Waals surface area contributed by atoms with Crippen molar-refractivity contribution in [2.75, 3.05) is 40.0 Å². The zero-order valence-corrected chi connectivity index (χ0v) is 10.6. The summed E-state index contributed by atoms with van der Waals surface area (Å²) in [5.41, 5.74) is 0.220. The van der Waals surface area contributed by atoms with Gasteiger partial charge in [0.2, 0.25) is 0 Å². The normalized spacial score (nSPS) is 34.5. The van der Waals surface area contributed by atoms with E-state index in [0.717, 1.165) is 0 Å². The Labute approximate surface area is 111 Å². The fourth-order valence-corrected chi connectivity index (χ4v) is 2.72. The average Bonchev–Trinajstić information content (AvgIpc) is 2.39. The van der Waals surface area contributed by atoms with Crippen molar-refractivity contribution in [2.24, 2.45) is 0 Å². The van der Waals surface area contributed by atoms with Crippen LogP contribution in [0.2, 0.25) is 0 Å². The van der Waals surface area contributed by atoms with Crippen LogP contribution in [0, 0.1) is 0 Å². The molecule has 0 radical (unpaired) electrons. The third-order valence-electron chi connectivity index (χ3n) is 3.31. The molecule has 0 atom stereocenters. The van der Waals surface area contributed by atoms with Gasteiger partial charge >= 0.3 is 5.97 Å². The van der Waals surface area contributed by atoms with Gasteiger partial charge in [0.05, 0.1) is 45.6 Å². The van der Waals surface area contributed by atoms with Gasteiger partial charge in [0, 0.05) is 12.4 Å². The summed E-state index contributed by atoms with van der Waals surface area (Å²) in [5.74, 6) is -0.942. The van der Waals surface area contributed by atoms with Gasteiger partial charge in [-0.05, 0) is 12.1 Å². The van der Waals surface area contributed by atoms with Crippen LogP contribution in [0.25, 0.3) is 0 Å². The highest BCUT2D eigenvalue weighted by Gasteiger charge is 2.36. The molecule has 5 heterocycles. The third kappa shape index (κ3) is 2.90. The summed E-state index contributed by atoms with van der Waals surface area (Å²) in [4.78, 5) is 23.7. The summed E-state index contributed by atoms with van der Waals surface area (Å²) in [6, 6.07) is 3.08. The lowest BCUT2D eigenvalue weighted by molar-refractivity contribution is -0.194. The largest absolute Gasteiger partial charge is 0.478 e. The molecule has 7 nitrogen and oxygen atoms in total. The Bertz CT molecular complexity index is 396. The van der Waals surface area contributed by atoms with E-state index in [0.29, 0.717) is 0 Å². The summed E-state index contributed by atoms with van der Waals surface area (Å²) >= 11 is 0. The molecule has 0 aromatic carbocycles. The highest BCUT2D eigenvalue weighted by Crippen LogP contribution is 2.20. The number of rotatable bonds is 1. The molecule has 1 aromatic rings. The number of carbonyl (C=O) groups is 1. The van der Waals surface area contributed by atoms with E-state index >= 15 is 0 Å². The van der Waals surface area contributed by atoms with E-state index in [1.54, 1.807) is 6.07 Å². The van der Waals surface area contributed by atoms with E-state index in [1.165, 1.54) is 58.5 Å². The molecule has 19 heavy (non-hydrogen) atoms. The van der Waals surface area contributed by atoms with Crippen molar-refractivity contribution in [3.05, 3.63) is 30.1 Å².